The van der Waals surface area contributed by atoms with E-state index in [4.69, 9.17) is 5.73 Å². The van der Waals surface area contributed by atoms with Crippen molar-refractivity contribution in [3.8, 4) is 0 Å². The number of rotatable bonds is 7. The first-order valence-corrected chi connectivity index (χ1v) is 6.78. The molecule has 102 valence electrons. The van der Waals surface area contributed by atoms with Gasteiger partial charge in [0, 0.05) is 24.8 Å². The molecule has 0 amide bonds. The molecule has 4 heteroatoms. The van der Waals surface area contributed by atoms with Gasteiger partial charge in [0.25, 0.3) is 0 Å². The maximum atomic E-state index is 5.81. The zero-order valence-corrected chi connectivity index (χ0v) is 12.1. The van der Waals surface area contributed by atoms with E-state index in [1.807, 2.05) is 0 Å². The van der Waals surface area contributed by atoms with Crippen LogP contribution in [0.2, 0.25) is 0 Å². The fourth-order valence-electron chi connectivity index (χ4n) is 1.89. The normalized spacial score (nSPS) is 11.6. The Labute approximate surface area is 111 Å². The Bertz CT molecular complexity index is 363. The minimum absolute atomic E-state index is 0.103. The molecule has 0 aliphatic rings. The highest BCUT2D eigenvalue weighted by Gasteiger charge is 2.20. The van der Waals surface area contributed by atoms with Gasteiger partial charge in [0.15, 0.2) is 0 Å². The van der Waals surface area contributed by atoms with Gasteiger partial charge in [-0.2, -0.15) is 0 Å². The van der Waals surface area contributed by atoms with Gasteiger partial charge >= 0.3 is 0 Å². The molecule has 0 bridgehead atoms. The standard InChI is InChI=1S/C14H26N4/c1-5-7-12-8-13(17-11-16-12)18(6-2)10-14(3,4)9-15/h8,11H,5-7,9-10,15H2,1-4H3. The molecule has 0 aromatic carbocycles. The molecule has 1 aromatic heterocycles. The average molecular weight is 250 g/mol. The van der Waals surface area contributed by atoms with Gasteiger partial charge in [-0.05, 0) is 25.3 Å². The van der Waals surface area contributed by atoms with Crippen LogP contribution in [0, 0.1) is 5.41 Å². The molecule has 0 aliphatic carbocycles. The van der Waals surface area contributed by atoms with Crippen LogP contribution >= 0.6 is 0 Å². The van der Waals surface area contributed by atoms with Gasteiger partial charge in [0.1, 0.15) is 12.1 Å². The quantitative estimate of drug-likeness (QED) is 0.806. The van der Waals surface area contributed by atoms with Crippen LogP contribution in [-0.2, 0) is 6.42 Å². The Morgan fingerprint density at radius 1 is 1.28 bits per heavy atom. The van der Waals surface area contributed by atoms with E-state index >= 15 is 0 Å². The van der Waals surface area contributed by atoms with E-state index in [2.05, 4.69) is 48.6 Å². The maximum Gasteiger partial charge on any atom is 0.132 e. The van der Waals surface area contributed by atoms with E-state index in [9.17, 15) is 0 Å². The summed E-state index contributed by atoms with van der Waals surface area (Å²) < 4.78 is 0. The SMILES string of the molecule is CCCc1cc(N(CC)CC(C)(C)CN)ncn1. The van der Waals surface area contributed by atoms with Crippen molar-refractivity contribution < 1.29 is 0 Å². The van der Waals surface area contributed by atoms with Crippen LogP contribution in [0.1, 0.15) is 39.8 Å². The smallest absolute Gasteiger partial charge is 0.132 e. The first-order chi connectivity index (χ1) is 8.52. The Morgan fingerprint density at radius 3 is 2.56 bits per heavy atom. The second-order valence-electron chi connectivity index (χ2n) is 5.50. The van der Waals surface area contributed by atoms with E-state index < -0.39 is 0 Å². The molecule has 18 heavy (non-hydrogen) atoms. The first kappa shape index (κ1) is 14.9. The fraction of sp³-hybridized carbons (Fsp3) is 0.714. The highest BCUT2D eigenvalue weighted by atomic mass is 15.2. The molecule has 0 unspecified atom stereocenters. The molecule has 1 heterocycles. The summed E-state index contributed by atoms with van der Waals surface area (Å²) in [4.78, 5) is 11.0. The molecule has 0 atom stereocenters. The summed E-state index contributed by atoms with van der Waals surface area (Å²) in [6.07, 6.45) is 3.78. The van der Waals surface area contributed by atoms with Crippen LogP contribution in [-0.4, -0.2) is 29.6 Å². The molecule has 4 nitrogen and oxygen atoms in total. The van der Waals surface area contributed by atoms with E-state index in [-0.39, 0.29) is 5.41 Å². The van der Waals surface area contributed by atoms with Crippen LogP contribution in [0.4, 0.5) is 5.82 Å². The third kappa shape index (κ3) is 4.26. The molecule has 2 N–H and O–H groups in total. The Morgan fingerprint density at radius 2 is 2.00 bits per heavy atom. The second kappa shape index (κ2) is 6.69. The zero-order valence-electron chi connectivity index (χ0n) is 12.1. The van der Waals surface area contributed by atoms with Crippen LogP contribution in [0.25, 0.3) is 0 Å². The van der Waals surface area contributed by atoms with Gasteiger partial charge in [0.05, 0.1) is 0 Å². The average Bonchev–Trinajstić information content (AvgIpc) is 2.37. The molecule has 0 aliphatic heterocycles. The summed E-state index contributed by atoms with van der Waals surface area (Å²) in [5.41, 5.74) is 7.03. The van der Waals surface area contributed by atoms with E-state index in [0.29, 0.717) is 6.54 Å². The van der Waals surface area contributed by atoms with E-state index in [0.717, 1.165) is 37.4 Å². The van der Waals surface area contributed by atoms with Crippen molar-refractivity contribution in [1.82, 2.24) is 9.97 Å². The van der Waals surface area contributed by atoms with E-state index in [1.165, 1.54) is 0 Å². The third-order valence-electron chi connectivity index (χ3n) is 3.09. The number of anilines is 1. The Kier molecular flexibility index (Phi) is 5.54. The maximum absolute atomic E-state index is 5.81. The van der Waals surface area contributed by atoms with Crippen LogP contribution in [0.3, 0.4) is 0 Å². The van der Waals surface area contributed by atoms with Gasteiger partial charge in [-0.25, -0.2) is 9.97 Å². The number of aromatic nitrogens is 2. The number of hydrogen-bond acceptors (Lipinski definition) is 4. The lowest BCUT2D eigenvalue weighted by Crippen LogP contribution is -2.39. The number of aryl methyl sites for hydroxylation is 1. The fourth-order valence-corrected chi connectivity index (χ4v) is 1.89. The molecule has 0 spiro atoms. The van der Waals surface area contributed by atoms with Gasteiger partial charge in [0.2, 0.25) is 0 Å². The monoisotopic (exact) mass is 250 g/mol. The highest BCUT2D eigenvalue weighted by molar-refractivity contribution is 5.39. The lowest BCUT2D eigenvalue weighted by Gasteiger charge is -2.31. The second-order valence-corrected chi connectivity index (χ2v) is 5.50. The minimum Gasteiger partial charge on any atom is -0.356 e. The van der Waals surface area contributed by atoms with Crippen LogP contribution in [0.15, 0.2) is 12.4 Å². The zero-order chi connectivity index (χ0) is 13.6. The van der Waals surface area contributed by atoms with Crippen molar-refractivity contribution >= 4 is 5.82 Å². The van der Waals surface area contributed by atoms with Crippen molar-refractivity contribution in [3.05, 3.63) is 18.1 Å². The van der Waals surface area contributed by atoms with Crippen molar-refractivity contribution in [3.63, 3.8) is 0 Å². The first-order valence-electron chi connectivity index (χ1n) is 6.78. The number of nitrogens with two attached hydrogens (primary N) is 1. The topological polar surface area (TPSA) is 55.0 Å². The van der Waals surface area contributed by atoms with Crippen molar-refractivity contribution in [2.75, 3.05) is 24.5 Å². The predicted octanol–water partition coefficient (Wildman–Crippen LogP) is 2.24. The van der Waals surface area contributed by atoms with Gasteiger partial charge in [-0.15, -0.1) is 0 Å². The third-order valence-corrected chi connectivity index (χ3v) is 3.09. The Hall–Kier alpha value is -1.16. The molecule has 0 saturated heterocycles. The molecule has 1 aromatic rings. The molecular formula is C14H26N4. The van der Waals surface area contributed by atoms with Crippen molar-refractivity contribution in [2.45, 2.75) is 40.5 Å². The molecule has 0 saturated carbocycles. The predicted molar refractivity (Wildman–Crippen MR) is 76.7 cm³/mol. The van der Waals surface area contributed by atoms with Gasteiger partial charge in [-0.3, -0.25) is 0 Å². The molecule has 1 rings (SSSR count). The molecular weight excluding hydrogens is 224 g/mol. The summed E-state index contributed by atoms with van der Waals surface area (Å²) in [7, 11) is 0. The van der Waals surface area contributed by atoms with Crippen LogP contribution in [0.5, 0.6) is 0 Å². The van der Waals surface area contributed by atoms with Gasteiger partial charge < -0.3 is 10.6 Å². The Balaban J connectivity index is 2.84. The summed E-state index contributed by atoms with van der Waals surface area (Å²) >= 11 is 0. The summed E-state index contributed by atoms with van der Waals surface area (Å²) in [5.74, 6) is 1.01. The molecule has 0 radical (unpaired) electrons. The van der Waals surface area contributed by atoms with E-state index in [1.54, 1.807) is 6.33 Å². The summed E-state index contributed by atoms with van der Waals surface area (Å²) in [5, 5.41) is 0. The summed E-state index contributed by atoms with van der Waals surface area (Å²) in [6.45, 7) is 11.2. The lowest BCUT2D eigenvalue weighted by molar-refractivity contribution is 0.378. The minimum atomic E-state index is 0.103. The summed E-state index contributed by atoms with van der Waals surface area (Å²) in [6, 6.07) is 2.10. The number of hydrogen-bond donors (Lipinski definition) is 1. The molecule has 0 fully saturated rings. The highest BCUT2D eigenvalue weighted by Crippen LogP contribution is 2.20. The van der Waals surface area contributed by atoms with Crippen molar-refractivity contribution in [1.29, 1.82) is 0 Å². The largest absolute Gasteiger partial charge is 0.356 e. The lowest BCUT2D eigenvalue weighted by atomic mass is 9.93. The van der Waals surface area contributed by atoms with Crippen molar-refractivity contribution in [2.24, 2.45) is 11.1 Å². The number of nitrogens with zero attached hydrogens (tertiary/aromatic N) is 3. The van der Waals surface area contributed by atoms with Crippen LogP contribution < -0.4 is 10.6 Å². The van der Waals surface area contributed by atoms with Gasteiger partial charge in [-0.1, -0.05) is 27.2 Å².